The molecule has 0 spiro atoms. The number of halogens is 2. The van der Waals surface area contributed by atoms with Crippen molar-refractivity contribution >= 4 is 35.0 Å². The van der Waals surface area contributed by atoms with E-state index in [-0.39, 0.29) is 30.9 Å². The number of hydrogen-bond donors (Lipinski definition) is 4. The Morgan fingerprint density at radius 1 is 1.23 bits per heavy atom. The second kappa shape index (κ2) is 12.8. The molecule has 2 rings (SSSR count). The Bertz CT molecular complexity index is 1130. The second-order valence-corrected chi connectivity index (χ2v) is 8.25. The first-order valence-corrected chi connectivity index (χ1v) is 11.2. The number of Topliss-reactive ketones (excluding diaryl/α,β-unsaturated/α-hetero) is 1. The zero-order valence-electron chi connectivity index (χ0n) is 19.4. The molecule has 2 atom stereocenters. The van der Waals surface area contributed by atoms with Crippen LogP contribution in [-0.4, -0.2) is 47.2 Å². The lowest BCUT2D eigenvalue weighted by Gasteiger charge is -2.21. The van der Waals surface area contributed by atoms with Crippen molar-refractivity contribution in [2.24, 2.45) is 5.73 Å². The number of esters is 1. The Kier molecular flexibility index (Phi) is 10.1. The maximum absolute atomic E-state index is 14.2. The van der Waals surface area contributed by atoms with Gasteiger partial charge in [0.05, 0.1) is 6.61 Å². The minimum atomic E-state index is -1.49. The number of carbonyl (C=O) groups is 3. The number of aliphatic hydroxyl groups is 1. The molecule has 186 valence electrons. The van der Waals surface area contributed by atoms with Crippen molar-refractivity contribution in [2.75, 3.05) is 6.61 Å². The van der Waals surface area contributed by atoms with Gasteiger partial charge in [-0.25, -0.2) is 9.18 Å². The summed E-state index contributed by atoms with van der Waals surface area (Å²) in [4.78, 5) is 35.8. The van der Waals surface area contributed by atoms with E-state index in [0.29, 0.717) is 16.1 Å². The molecular weight excluding hydrogens is 477 g/mol. The van der Waals surface area contributed by atoms with Crippen LogP contribution in [0.1, 0.15) is 25.8 Å². The fourth-order valence-corrected chi connectivity index (χ4v) is 3.40. The van der Waals surface area contributed by atoms with Gasteiger partial charge in [-0.15, -0.1) is 0 Å². The highest BCUT2D eigenvalue weighted by Crippen LogP contribution is 2.26. The topological polar surface area (TPSA) is 144 Å². The van der Waals surface area contributed by atoms with Gasteiger partial charge in [0.25, 0.3) is 5.91 Å². The fraction of sp³-hybridized carbons (Fsp3) is 0.280. The Balaban J connectivity index is 2.23. The quantitative estimate of drug-likeness (QED) is 0.205. The lowest BCUT2D eigenvalue weighted by atomic mass is 9.97. The summed E-state index contributed by atoms with van der Waals surface area (Å²) in [6.45, 7) is 2.92. The molecule has 1 amide bonds. The molecule has 0 aliphatic carbocycles. The predicted molar refractivity (Wildman–Crippen MR) is 130 cm³/mol. The van der Waals surface area contributed by atoms with Gasteiger partial charge in [-0.1, -0.05) is 35.9 Å². The third-order valence-electron chi connectivity index (χ3n) is 5.06. The number of aliphatic hydroxyl groups excluding tert-OH is 1. The van der Waals surface area contributed by atoms with Crippen LogP contribution in [0.2, 0.25) is 5.02 Å². The summed E-state index contributed by atoms with van der Waals surface area (Å²) in [5.41, 5.74) is 6.92. The number of rotatable bonds is 11. The smallest absolute Gasteiger partial charge is 0.335 e. The van der Waals surface area contributed by atoms with Crippen LogP contribution in [0.15, 0.2) is 54.2 Å². The molecule has 0 aliphatic rings. The summed E-state index contributed by atoms with van der Waals surface area (Å²) >= 11 is 5.97. The molecule has 8 nitrogen and oxygen atoms in total. The van der Waals surface area contributed by atoms with Gasteiger partial charge in [-0.2, -0.15) is 0 Å². The molecule has 0 heterocycles. The molecule has 2 aromatic rings. The molecule has 10 heteroatoms. The van der Waals surface area contributed by atoms with Crippen molar-refractivity contribution in [2.45, 2.75) is 38.8 Å². The first-order valence-electron chi connectivity index (χ1n) is 10.8. The summed E-state index contributed by atoms with van der Waals surface area (Å²) in [7, 11) is 0. The van der Waals surface area contributed by atoms with Crippen molar-refractivity contribution in [1.82, 2.24) is 5.32 Å². The first-order chi connectivity index (χ1) is 16.5. The molecule has 0 radical (unpaired) electrons. The van der Waals surface area contributed by atoms with E-state index in [1.165, 1.54) is 25.1 Å². The first kappa shape index (κ1) is 27.7. The maximum atomic E-state index is 14.2. The monoisotopic (exact) mass is 504 g/mol. The zero-order chi connectivity index (χ0) is 26.1. The summed E-state index contributed by atoms with van der Waals surface area (Å²) < 4.78 is 19.0. The van der Waals surface area contributed by atoms with Gasteiger partial charge in [-0.05, 0) is 42.7 Å². The summed E-state index contributed by atoms with van der Waals surface area (Å²) in [6.07, 6.45) is -0.391. The highest BCUT2D eigenvalue weighted by Gasteiger charge is 2.24. The number of ether oxygens (including phenoxy) is 1. The number of ketones is 1. The van der Waals surface area contributed by atoms with E-state index in [1.54, 1.807) is 31.2 Å². The molecular formula is C25H28ClFN3O5+. The van der Waals surface area contributed by atoms with Crippen LogP contribution in [-0.2, 0) is 25.5 Å². The van der Waals surface area contributed by atoms with Gasteiger partial charge in [0.15, 0.2) is 6.10 Å². The molecule has 0 aliphatic heterocycles. The zero-order valence-corrected chi connectivity index (χ0v) is 20.1. The van der Waals surface area contributed by atoms with E-state index in [4.69, 9.17) is 27.5 Å². The van der Waals surface area contributed by atoms with Gasteiger partial charge >= 0.3 is 5.97 Å². The number of allylic oxidation sites excluding steroid dienone is 1. The average molecular weight is 505 g/mol. The summed E-state index contributed by atoms with van der Waals surface area (Å²) in [5.74, 6) is -2.43. The van der Waals surface area contributed by atoms with Gasteiger partial charge in [0.2, 0.25) is 11.5 Å². The van der Waals surface area contributed by atoms with Crippen molar-refractivity contribution < 1.29 is 34.0 Å². The molecule has 35 heavy (non-hydrogen) atoms. The van der Waals surface area contributed by atoms with Crippen LogP contribution < -0.4 is 16.5 Å². The van der Waals surface area contributed by atoms with Gasteiger partial charge in [-0.3, -0.25) is 15.0 Å². The molecule has 0 bridgehead atoms. The molecule has 6 N–H and O–H groups in total. The van der Waals surface area contributed by atoms with Gasteiger partial charge in [0, 0.05) is 36.0 Å². The molecule has 1 unspecified atom stereocenters. The number of nitrogens with one attached hydrogen (secondary N) is 1. The normalized spacial score (nSPS) is 13.0. The Labute approximate surface area is 207 Å². The lowest BCUT2D eigenvalue weighted by molar-refractivity contribution is -0.153. The van der Waals surface area contributed by atoms with Crippen molar-refractivity contribution in [3.63, 3.8) is 0 Å². The third-order valence-corrected chi connectivity index (χ3v) is 5.29. The predicted octanol–water partition coefficient (Wildman–Crippen LogP) is 1.12. The van der Waals surface area contributed by atoms with E-state index in [1.807, 2.05) is 0 Å². The molecule has 0 saturated carbocycles. The number of nitrogens with two attached hydrogens (primary N) is 2. The SMILES string of the molecule is CCOC(=O)[C@H](O)CC(Cc1ccc(-c2cc(Cl)ccc2F)cc1)NC(=O)C(N)=CC(=[NH2+])C(C)=O. The standard InChI is InChI=1S/C25H27ClFN3O5/c1-3-35-25(34)23(32)12-18(30-24(33)22(29)13-21(28)14(2)31)10-15-4-6-16(7-5-15)19-11-17(26)8-9-20(19)27/h4-9,11,13,18,23,28,32H,3,10,12,29H2,1-2H3,(H,30,33)/p+1/t18?,23-/m1/s1. The number of benzene rings is 2. The number of amides is 1. The Hall–Kier alpha value is -3.56. The second-order valence-electron chi connectivity index (χ2n) is 7.81. The van der Waals surface area contributed by atoms with E-state index in [9.17, 15) is 23.9 Å². The largest absolute Gasteiger partial charge is 0.464 e. The third kappa shape index (κ3) is 8.31. The van der Waals surface area contributed by atoms with Crippen molar-refractivity contribution in [3.05, 3.63) is 70.6 Å². The van der Waals surface area contributed by atoms with Crippen molar-refractivity contribution in [3.8, 4) is 11.1 Å². The van der Waals surface area contributed by atoms with Crippen LogP contribution >= 0.6 is 11.6 Å². The van der Waals surface area contributed by atoms with Gasteiger partial charge < -0.3 is 20.9 Å². The lowest BCUT2D eigenvalue weighted by Crippen LogP contribution is -2.45. The van der Waals surface area contributed by atoms with Crippen molar-refractivity contribution in [1.29, 1.82) is 0 Å². The Morgan fingerprint density at radius 3 is 2.49 bits per heavy atom. The maximum Gasteiger partial charge on any atom is 0.335 e. The highest BCUT2D eigenvalue weighted by molar-refractivity contribution is 6.41. The van der Waals surface area contributed by atoms with Crippen LogP contribution in [0.4, 0.5) is 4.39 Å². The summed E-state index contributed by atoms with van der Waals surface area (Å²) in [5, 5.41) is 18.8. The van der Waals surface area contributed by atoms with Gasteiger partial charge in [0.1, 0.15) is 11.5 Å². The van der Waals surface area contributed by atoms with E-state index in [0.717, 1.165) is 11.6 Å². The fourth-order valence-electron chi connectivity index (χ4n) is 3.22. The molecule has 0 fully saturated rings. The average Bonchev–Trinajstić information content (AvgIpc) is 2.81. The minimum Gasteiger partial charge on any atom is -0.464 e. The van der Waals surface area contributed by atoms with Crippen LogP contribution in [0.5, 0.6) is 0 Å². The van der Waals surface area contributed by atoms with E-state index in [2.05, 4.69) is 5.32 Å². The molecule has 0 saturated heterocycles. The Morgan fingerprint density at radius 2 is 1.89 bits per heavy atom. The highest BCUT2D eigenvalue weighted by atomic mass is 35.5. The van der Waals surface area contributed by atoms with Crippen LogP contribution in [0.25, 0.3) is 11.1 Å². The minimum absolute atomic E-state index is 0.0876. The van der Waals surface area contributed by atoms with Crippen LogP contribution in [0.3, 0.4) is 0 Å². The number of carbonyl (C=O) groups excluding carboxylic acids is 3. The van der Waals surface area contributed by atoms with E-state index >= 15 is 0 Å². The van der Waals surface area contributed by atoms with Crippen LogP contribution in [0, 0.1) is 5.82 Å². The van der Waals surface area contributed by atoms with E-state index < -0.39 is 35.6 Å². The number of hydrogen-bond acceptors (Lipinski definition) is 6. The molecule has 2 aromatic carbocycles. The summed E-state index contributed by atoms with van der Waals surface area (Å²) in [6, 6.07) is 10.4. The molecule has 0 aromatic heterocycles.